The minimum atomic E-state index is -1.31. The Hall–Kier alpha value is 1.00. The van der Waals surface area contributed by atoms with Crippen molar-refractivity contribution in [1.82, 2.24) is 14.6 Å². The lowest BCUT2D eigenvalue weighted by Gasteiger charge is -2.22. The van der Waals surface area contributed by atoms with Crippen LogP contribution < -0.4 is 16.4 Å². The van der Waals surface area contributed by atoms with E-state index >= 15 is 0 Å². The maximum Gasteiger partial charge on any atom is 0.210 e. The van der Waals surface area contributed by atoms with Crippen LogP contribution in [-0.4, -0.2) is 41.1 Å². The van der Waals surface area contributed by atoms with Crippen molar-refractivity contribution in [1.29, 1.82) is 0 Å². The molecule has 4 nitrogen and oxygen atoms in total. The molecule has 0 aliphatic carbocycles. The van der Waals surface area contributed by atoms with Gasteiger partial charge in [-0.15, -0.1) is 0 Å². The van der Waals surface area contributed by atoms with Crippen molar-refractivity contribution in [2.24, 2.45) is 5.73 Å². The van der Waals surface area contributed by atoms with Crippen LogP contribution in [0.15, 0.2) is 0 Å². The zero-order chi connectivity index (χ0) is 11.7. The fraction of sp³-hybridized carbons (Fsp3) is 1.00. The SMILES string of the molecule is NCCCNCCNCC(Cl)(Cl)N(Cl)Cl. The van der Waals surface area contributed by atoms with Crippen LogP contribution in [0.5, 0.6) is 0 Å². The summed E-state index contributed by atoms with van der Waals surface area (Å²) in [5.74, 6) is 0. The summed E-state index contributed by atoms with van der Waals surface area (Å²) in [6.07, 6.45) is 0.964. The summed E-state index contributed by atoms with van der Waals surface area (Å²) in [4.78, 5) is 0. The molecule has 92 valence electrons. The van der Waals surface area contributed by atoms with Crippen molar-refractivity contribution in [2.45, 2.75) is 10.9 Å². The Morgan fingerprint density at radius 3 is 2.20 bits per heavy atom. The lowest BCUT2D eigenvalue weighted by molar-refractivity contribution is 0.505. The number of hydrogen-bond donors (Lipinski definition) is 3. The molecule has 0 rings (SSSR count). The Morgan fingerprint density at radius 2 is 1.67 bits per heavy atom. The molecule has 0 aliphatic heterocycles. The summed E-state index contributed by atoms with van der Waals surface area (Å²) in [5, 5.41) is 6.21. The van der Waals surface area contributed by atoms with Crippen LogP contribution in [-0.2, 0) is 0 Å². The molecule has 0 radical (unpaired) electrons. The smallest absolute Gasteiger partial charge is 0.210 e. The van der Waals surface area contributed by atoms with E-state index in [-0.39, 0.29) is 6.54 Å². The summed E-state index contributed by atoms with van der Waals surface area (Å²) in [6, 6.07) is 0. The molecule has 0 fully saturated rings. The third-order valence-corrected chi connectivity index (χ3v) is 3.15. The molecule has 0 saturated heterocycles. The molecule has 0 atom stereocenters. The second-order valence-corrected chi connectivity index (χ2v) is 5.26. The maximum atomic E-state index is 5.76. The number of nitrogens with two attached hydrogens (primary N) is 1. The summed E-state index contributed by atoms with van der Waals surface area (Å²) >= 11 is 22.4. The van der Waals surface area contributed by atoms with Gasteiger partial charge in [0.05, 0.1) is 0 Å². The standard InChI is InChI=1S/C7H16Cl4N4/c8-7(9,15(10)11)6-14-5-4-13-3-1-2-12/h13-14H,1-6,12H2. The molecule has 15 heavy (non-hydrogen) atoms. The average Bonchev–Trinajstić information content (AvgIpc) is 2.16. The minimum absolute atomic E-state index is 0.279. The van der Waals surface area contributed by atoms with Gasteiger partial charge >= 0.3 is 0 Å². The van der Waals surface area contributed by atoms with Gasteiger partial charge in [0.25, 0.3) is 0 Å². The Bertz CT molecular complexity index is 156. The minimum Gasteiger partial charge on any atom is -0.330 e. The highest BCUT2D eigenvalue weighted by Crippen LogP contribution is 2.28. The highest BCUT2D eigenvalue weighted by atomic mass is 35.6. The van der Waals surface area contributed by atoms with Gasteiger partial charge < -0.3 is 16.4 Å². The number of nitrogens with one attached hydrogen (secondary N) is 2. The fourth-order valence-corrected chi connectivity index (χ4v) is 1.14. The van der Waals surface area contributed by atoms with Gasteiger partial charge in [-0.05, 0) is 43.1 Å². The first kappa shape index (κ1) is 16.0. The predicted octanol–water partition coefficient (Wildman–Crippen LogP) is 1.26. The molecule has 0 aromatic heterocycles. The maximum absolute atomic E-state index is 5.76. The number of halogens is 4. The Kier molecular flexibility index (Phi) is 9.68. The van der Waals surface area contributed by atoms with Crippen molar-refractivity contribution < 1.29 is 0 Å². The topological polar surface area (TPSA) is 53.3 Å². The largest absolute Gasteiger partial charge is 0.330 e. The van der Waals surface area contributed by atoms with Crippen molar-refractivity contribution in [2.75, 3.05) is 32.7 Å². The van der Waals surface area contributed by atoms with Gasteiger partial charge in [0.2, 0.25) is 4.46 Å². The predicted molar refractivity (Wildman–Crippen MR) is 67.4 cm³/mol. The van der Waals surface area contributed by atoms with Crippen LogP contribution >= 0.6 is 46.8 Å². The van der Waals surface area contributed by atoms with Gasteiger partial charge in [0.1, 0.15) is 0 Å². The Labute approximate surface area is 111 Å². The van der Waals surface area contributed by atoms with Crippen LogP contribution in [0.4, 0.5) is 0 Å². The van der Waals surface area contributed by atoms with E-state index in [0.29, 0.717) is 10.5 Å². The third kappa shape index (κ3) is 8.77. The number of nitrogens with zero attached hydrogens (tertiary/aromatic N) is 1. The zero-order valence-corrected chi connectivity index (χ0v) is 11.3. The highest BCUT2D eigenvalue weighted by Gasteiger charge is 2.29. The van der Waals surface area contributed by atoms with Crippen LogP contribution in [0.3, 0.4) is 0 Å². The number of alkyl halides is 2. The van der Waals surface area contributed by atoms with E-state index in [2.05, 4.69) is 10.6 Å². The molecule has 0 amide bonds. The van der Waals surface area contributed by atoms with E-state index in [9.17, 15) is 0 Å². The molecule has 0 heterocycles. The summed E-state index contributed by atoms with van der Waals surface area (Å²) in [6.45, 7) is 3.42. The van der Waals surface area contributed by atoms with Crippen molar-refractivity contribution in [3.05, 3.63) is 0 Å². The van der Waals surface area contributed by atoms with E-state index in [0.717, 1.165) is 26.1 Å². The molecular weight excluding hydrogens is 282 g/mol. The van der Waals surface area contributed by atoms with E-state index in [1.54, 1.807) is 0 Å². The molecule has 0 saturated carbocycles. The van der Waals surface area contributed by atoms with E-state index in [1.807, 2.05) is 0 Å². The van der Waals surface area contributed by atoms with Crippen molar-refractivity contribution >= 4 is 46.8 Å². The Morgan fingerprint density at radius 1 is 1.07 bits per heavy atom. The average molecular weight is 298 g/mol. The second-order valence-electron chi connectivity index (χ2n) is 2.97. The molecule has 4 N–H and O–H groups in total. The van der Waals surface area contributed by atoms with Gasteiger partial charge in [0.15, 0.2) is 0 Å². The monoisotopic (exact) mass is 296 g/mol. The van der Waals surface area contributed by atoms with Gasteiger partial charge in [0, 0.05) is 19.6 Å². The van der Waals surface area contributed by atoms with E-state index < -0.39 is 4.46 Å². The second kappa shape index (κ2) is 9.07. The van der Waals surface area contributed by atoms with Crippen molar-refractivity contribution in [3.63, 3.8) is 0 Å². The number of rotatable bonds is 9. The highest BCUT2D eigenvalue weighted by molar-refractivity contribution is 6.54. The van der Waals surface area contributed by atoms with Gasteiger partial charge in [-0.25, -0.2) is 0 Å². The van der Waals surface area contributed by atoms with Crippen molar-refractivity contribution in [3.8, 4) is 0 Å². The molecular formula is C7H16Cl4N4. The molecule has 8 heteroatoms. The van der Waals surface area contributed by atoms with Crippen LogP contribution in [0, 0.1) is 0 Å². The van der Waals surface area contributed by atoms with Gasteiger partial charge in [-0.3, -0.25) is 0 Å². The zero-order valence-electron chi connectivity index (χ0n) is 8.28. The molecule has 0 aromatic rings. The lowest BCUT2D eigenvalue weighted by atomic mass is 10.4. The fourth-order valence-electron chi connectivity index (χ4n) is 0.827. The lowest BCUT2D eigenvalue weighted by Crippen LogP contribution is -2.40. The van der Waals surface area contributed by atoms with Crippen LogP contribution in [0.1, 0.15) is 6.42 Å². The molecule has 0 unspecified atom stereocenters. The van der Waals surface area contributed by atoms with Gasteiger partial charge in [-0.2, -0.15) is 0 Å². The summed E-state index contributed by atoms with van der Waals surface area (Å²) < 4.78 is -0.592. The molecule has 0 aromatic carbocycles. The normalized spacial score (nSPS) is 12.4. The molecule has 0 spiro atoms. The third-order valence-electron chi connectivity index (χ3n) is 1.62. The molecule has 0 bridgehead atoms. The van der Waals surface area contributed by atoms with Gasteiger partial charge in [-0.1, -0.05) is 27.1 Å². The number of hydrogen-bond acceptors (Lipinski definition) is 4. The first-order chi connectivity index (χ1) is 7.00. The van der Waals surface area contributed by atoms with Crippen LogP contribution in [0.25, 0.3) is 0 Å². The van der Waals surface area contributed by atoms with E-state index in [4.69, 9.17) is 52.5 Å². The van der Waals surface area contributed by atoms with Crippen LogP contribution in [0.2, 0.25) is 0 Å². The summed E-state index contributed by atoms with van der Waals surface area (Å²) in [7, 11) is 0. The molecule has 0 aliphatic rings. The summed E-state index contributed by atoms with van der Waals surface area (Å²) in [5.41, 5.74) is 5.33. The quantitative estimate of drug-likeness (QED) is 0.260. The first-order valence-corrected chi connectivity index (χ1v) is 6.05. The van der Waals surface area contributed by atoms with E-state index in [1.165, 1.54) is 0 Å². The Balaban J connectivity index is 3.31. The first-order valence-electron chi connectivity index (χ1n) is 4.62.